The number of amides is 1. The zero-order valence-electron chi connectivity index (χ0n) is 9.06. The van der Waals surface area contributed by atoms with Gasteiger partial charge in [0.05, 0.1) is 5.56 Å². The first-order valence-electron chi connectivity index (χ1n) is 4.79. The van der Waals surface area contributed by atoms with Crippen LogP contribution in [0.5, 0.6) is 0 Å². The fraction of sp³-hybridized carbons (Fsp3) is 0.273. The van der Waals surface area contributed by atoms with Gasteiger partial charge in [0.25, 0.3) is 5.91 Å². The maximum atomic E-state index is 11.6. The fourth-order valence-electron chi connectivity index (χ4n) is 1.06. The minimum Gasteiger partial charge on any atom is -0.478 e. The number of carboxylic acids is 1. The van der Waals surface area contributed by atoms with E-state index in [0.29, 0.717) is 5.56 Å². The molecule has 5 heteroatoms. The number of hydrogen-bond donors (Lipinski definition) is 2. The zero-order valence-corrected chi connectivity index (χ0v) is 9.88. The van der Waals surface area contributed by atoms with Gasteiger partial charge in [0.15, 0.2) is 0 Å². The molecule has 0 aromatic carbocycles. The molecular weight excluding hydrogens is 226 g/mol. The summed E-state index contributed by atoms with van der Waals surface area (Å²) in [6.45, 7) is 3.77. The molecule has 16 heavy (non-hydrogen) atoms. The second kappa shape index (κ2) is 5.46. The minimum atomic E-state index is -0.999. The van der Waals surface area contributed by atoms with Crippen LogP contribution in [0.2, 0.25) is 0 Å². The van der Waals surface area contributed by atoms with Gasteiger partial charge >= 0.3 is 5.97 Å². The average Bonchev–Trinajstić information content (AvgIpc) is 2.61. The Hall–Kier alpha value is -1.62. The first-order valence-corrected chi connectivity index (χ1v) is 5.67. The lowest BCUT2D eigenvalue weighted by atomic mass is 10.2. The number of hydrogen-bond acceptors (Lipinski definition) is 3. The van der Waals surface area contributed by atoms with E-state index in [1.165, 1.54) is 17.4 Å². The monoisotopic (exact) mass is 239 g/mol. The Morgan fingerprint density at radius 3 is 2.75 bits per heavy atom. The van der Waals surface area contributed by atoms with Gasteiger partial charge in [0, 0.05) is 22.4 Å². The molecule has 0 spiro atoms. The second-order valence-corrected chi connectivity index (χ2v) is 4.48. The van der Waals surface area contributed by atoms with Gasteiger partial charge in [0.1, 0.15) is 0 Å². The third kappa shape index (κ3) is 3.86. The highest BCUT2D eigenvalue weighted by Gasteiger charge is 2.08. The van der Waals surface area contributed by atoms with Gasteiger partial charge < -0.3 is 10.4 Å². The van der Waals surface area contributed by atoms with Crippen molar-refractivity contribution in [2.24, 2.45) is 0 Å². The van der Waals surface area contributed by atoms with E-state index in [-0.39, 0.29) is 11.9 Å². The number of carboxylic acid groups (broad SMARTS) is 1. The number of thiophene rings is 1. The van der Waals surface area contributed by atoms with Crippen molar-refractivity contribution in [2.75, 3.05) is 0 Å². The quantitative estimate of drug-likeness (QED) is 0.789. The number of rotatable bonds is 4. The van der Waals surface area contributed by atoms with Crippen molar-refractivity contribution in [3.8, 4) is 0 Å². The van der Waals surface area contributed by atoms with Crippen LogP contribution < -0.4 is 5.32 Å². The molecule has 1 heterocycles. The van der Waals surface area contributed by atoms with Crippen LogP contribution in [0.15, 0.2) is 17.5 Å². The van der Waals surface area contributed by atoms with Crippen LogP contribution in [-0.4, -0.2) is 23.0 Å². The summed E-state index contributed by atoms with van der Waals surface area (Å²) in [5.41, 5.74) is 0.559. The van der Waals surface area contributed by atoms with Crippen LogP contribution in [0, 0.1) is 0 Å². The van der Waals surface area contributed by atoms with E-state index in [0.717, 1.165) is 11.0 Å². The van der Waals surface area contributed by atoms with Crippen molar-refractivity contribution in [2.45, 2.75) is 19.9 Å². The molecule has 0 aliphatic heterocycles. The number of carbonyl (C=O) groups is 2. The van der Waals surface area contributed by atoms with Crippen LogP contribution in [0.4, 0.5) is 0 Å². The summed E-state index contributed by atoms with van der Waals surface area (Å²) >= 11 is 1.34. The summed E-state index contributed by atoms with van der Waals surface area (Å²) in [6, 6.07) is 1.76. The zero-order chi connectivity index (χ0) is 12.1. The highest BCUT2D eigenvalue weighted by atomic mass is 32.1. The lowest BCUT2D eigenvalue weighted by Gasteiger charge is -2.05. The summed E-state index contributed by atoms with van der Waals surface area (Å²) in [5.74, 6) is -1.14. The standard InChI is InChI=1S/C11H13NO3S/c1-7(2)12-11(15)8-5-9(16-6-8)3-4-10(13)14/h3-7H,1-2H3,(H,12,15)(H,13,14). The summed E-state index contributed by atoms with van der Waals surface area (Å²) < 4.78 is 0. The Bertz CT molecular complexity index is 421. The summed E-state index contributed by atoms with van der Waals surface area (Å²) in [4.78, 5) is 22.6. The van der Waals surface area contributed by atoms with Gasteiger partial charge in [-0.15, -0.1) is 11.3 Å². The molecule has 0 aliphatic rings. The summed E-state index contributed by atoms with van der Waals surface area (Å²) in [5, 5.41) is 12.9. The van der Waals surface area contributed by atoms with Crippen molar-refractivity contribution in [3.63, 3.8) is 0 Å². The third-order valence-corrected chi connectivity index (χ3v) is 2.59. The Labute approximate surface area is 97.6 Å². The molecule has 0 bridgehead atoms. The fourth-order valence-corrected chi connectivity index (χ4v) is 1.84. The lowest BCUT2D eigenvalue weighted by Crippen LogP contribution is -2.29. The predicted octanol–water partition coefficient (Wildman–Crippen LogP) is 1.98. The van der Waals surface area contributed by atoms with Crippen LogP contribution in [0.25, 0.3) is 6.08 Å². The molecule has 4 nitrogen and oxygen atoms in total. The predicted molar refractivity (Wildman–Crippen MR) is 63.6 cm³/mol. The second-order valence-electron chi connectivity index (χ2n) is 3.54. The van der Waals surface area contributed by atoms with Crippen molar-refractivity contribution in [1.29, 1.82) is 0 Å². The lowest BCUT2D eigenvalue weighted by molar-refractivity contribution is -0.131. The third-order valence-electron chi connectivity index (χ3n) is 1.69. The molecule has 0 radical (unpaired) electrons. The molecule has 0 aliphatic carbocycles. The molecule has 0 unspecified atom stereocenters. The topological polar surface area (TPSA) is 66.4 Å². The maximum Gasteiger partial charge on any atom is 0.328 e. The molecule has 1 aromatic rings. The van der Waals surface area contributed by atoms with E-state index in [1.54, 1.807) is 11.4 Å². The average molecular weight is 239 g/mol. The number of aliphatic carboxylic acids is 1. The van der Waals surface area contributed by atoms with Crippen LogP contribution in [-0.2, 0) is 4.79 Å². The van der Waals surface area contributed by atoms with E-state index in [1.807, 2.05) is 13.8 Å². The van der Waals surface area contributed by atoms with Gasteiger partial charge in [-0.3, -0.25) is 4.79 Å². The van der Waals surface area contributed by atoms with Crippen LogP contribution in [0.3, 0.4) is 0 Å². The molecule has 0 saturated carbocycles. The smallest absolute Gasteiger partial charge is 0.328 e. The molecule has 2 N–H and O–H groups in total. The summed E-state index contributed by atoms with van der Waals surface area (Å²) in [7, 11) is 0. The summed E-state index contributed by atoms with van der Waals surface area (Å²) in [6.07, 6.45) is 2.52. The molecule has 86 valence electrons. The molecule has 1 aromatic heterocycles. The molecule has 0 atom stereocenters. The van der Waals surface area contributed by atoms with E-state index in [2.05, 4.69) is 5.32 Å². The Morgan fingerprint density at radius 1 is 1.50 bits per heavy atom. The van der Waals surface area contributed by atoms with E-state index < -0.39 is 5.97 Å². The SMILES string of the molecule is CC(C)NC(=O)c1csc(C=CC(=O)O)c1. The van der Waals surface area contributed by atoms with E-state index in [9.17, 15) is 9.59 Å². The van der Waals surface area contributed by atoms with Gasteiger partial charge in [0.2, 0.25) is 0 Å². The highest BCUT2D eigenvalue weighted by Crippen LogP contribution is 2.16. The normalized spacial score (nSPS) is 10.9. The van der Waals surface area contributed by atoms with Crippen molar-refractivity contribution in [3.05, 3.63) is 28.0 Å². The Kier molecular flexibility index (Phi) is 4.25. The number of carbonyl (C=O) groups excluding carboxylic acids is 1. The van der Waals surface area contributed by atoms with Crippen molar-refractivity contribution >= 4 is 29.3 Å². The van der Waals surface area contributed by atoms with Gasteiger partial charge in [-0.2, -0.15) is 0 Å². The molecule has 0 fully saturated rings. The Morgan fingerprint density at radius 2 is 2.19 bits per heavy atom. The van der Waals surface area contributed by atoms with E-state index >= 15 is 0 Å². The van der Waals surface area contributed by atoms with Crippen molar-refractivity contribution in [1.82, 2.24) is 5.32 Å². The molecule has 0 saturated heterocycles. The minimum absolute atomic E-state index is 0.0883. The first kappa shape index (κ1) is 12.4. The Balaban J connectivity index is 2.71. The van der Waals surface area contributed by atoms with Gasteiger partial charge in [-0.05, 0) is 26.0 Å². The van der Waals surface area contributed by atoms with Crippen LogP contribution in [0.1, 0.15) is 29.1 Å². The largest absolute Gasteiger partial charge is 0.478 e. The molecule has 1 rings (SSSR count). The van der Waals surface area contributed by atoms with Crippen LogP contribution >= 0.6 is 11.3 Å². The maximum absolute atomic E-state index is 11.6. The van der Waals surface area contributed by atoms with Gasteiger partial charge in [-0.1, -0.05) is 0 Å². The van der Waals surface area contributed by atoms with Gasteiger partial charge in [-0.25, -0.2) is 4.79 Å². The van der Waals surface area contributed by atoms with E-state index in [4.69, 9.17) is 5.11 Å². The van der Waals surface area contributed by atoms with Crippen molar-refractivity contribution < 1.29 is 14.7 Å². The molecule has 1 amide bonds. The molecular formula is C11H13NO3S. The number of nitrogens with one attached hydrogen (secondary N) is 1. The highest BCUT2D eigenvalue weighted by molar-refractivity contribution is 7.11. The first-order chi connectivity index (χ1) is 7.49.